The van der Waals surface area contributed by atoms with Gasteiger partial charge in [-0.25, -0.2) is 0 Å². The fourth-order valence-corrected chi connectivity index (χ4v) is 4.63. The van der Waals surface area contributed by atoms with Crippen molar-refractivity contribution < 1.29 is 14.3 Å². The topological polar surface area (TPSA) is 35.5 Å². The summed E-state index contributed by atoms with van der Waals surface area (Å²) in [6.45, 7) is 6.20. The van der Waals surface area contributed by atoms with Crippen molar-refractivity contribution in [3.05, 3.63) is 72.3 Å². The molecule has 1 radical (unpaired) electrons. The third-order valence-corrected chi connectivity index (χ3v) is 5.58. The Bertz CT molecular complexity index is 898. The SMILES string of the molecule is CC(C)(C)OC(=O)[As]c1cccc2ccc(OCc3ccccc3)cc12. The zero-order chi connectivity index (χ0) is 18.6. The van der Waals surface area contributed by atoms with E-state index < -0.39 is 21.4 Å². The Labute approximate surface area is 161 Å². The molecule has 3 aromatic carbocycles. The van der Waals surface area contributed by atoms with Gasteiger partial charge in [-0.2, -0.15) is 0 Å². The minimum atomic E-state index is -0.720. The van der Waals surface area contributed by atoms with E-state index in [0.717, 1.165) is 26.4 Å². The summed E-state index contributed by atoms with van der Waals surface area (Å²) in [7, 11) is 0. The van der Waals surface area contributed by atoms with Gasteiger partial charge in [-0.3, -0.25) is 0 Å². The monoisotopic (exact) mass is 409 g/mol. The van der Waals surface area contributed by atoms with Crippen molar-refractivity contribution in [1.29, 1.82) is 0 Å². The zero-order valence-electron chi connectivity index (χ0n) is 15.2. The summed E-state index contributed by atoms with van der Waals surface area (Å²) in [6, 6.07) is 22.2. The molecule has 4 heteroatoms. The minimum absolute atomic E-state index is 0.128. The Morgan fingerprint density at radius 3 is 2.46 bits per heavy atom. The molecule has 26 heavy (non-hydrogen) atoms. The van der Waals surface area contributed by atoms with Gasteiger partial charge in [0.25, 0.3) is 0 Å². The molecule has 0 heterocycles. The predicted molar refractivity (Wildman–Crippen MR) is 106 cm³/mol. The summed E-state index contributed by atoms with van der Waals surface area (Å²) in [6.07, 6.45) is 0. The summed E-state index contributed by atoms with van der Waals surface area (Å²) >= 11 is -0.720. The first-order valence-corrected chi connectivity index (χ1v) is 10.4. The second-order valence-corrected chi connectivity index (χ2v) is 9.27. The van der Waals surface area contributed by atoms with Crippen molar-refractivity contribution in [3.8, 4) is 5.75 Å². The van der Waals surface area contributed by atoms with E-state index in [0.29, 0.717) is 6.61 Å². The molecule has 0 amide bonds. The van der Waals surface area contributed by atoms with Crippen LogP contribution in [0.1, 0.15) is 26.3 Å². The first kappa shape index (κ1) is 18.5. The van der Waals surface area contributed by atoms with Crippen LogP contribution >= 0.6 is 0 Å². The molecule has 3 aromatic rings. The quantitative estimate of drug-likeness (QED) is 0.574. The fraction of sp³-hybridized carbons (Fsp3) is 0.227. The summed E-state index contributed by atoms with van der Waals surface area (Å²) in [5, 5.41) is 2.16. The van der Waals surface area contributed by atoms with Crippen LogP contribution in [-0.2, 0) is 11.3 Å². The Morgan fingerprint density at radius 1 is 0.962 bits per heavy atom. The number of benzene rings is 3. The van der Waals surface area contributed by atoms with Gasteiger partial charge in [-0.05, 0) is 0 Å². The first-order chi connectivity index (χ1) is 12.4. The van der Waals surface area contributed by atoms with E-state index in [1.165, 1.54) is 0 Å². The van der Waals surface area contributed by atoms with E-state index in [2.05, 4.69) is 6.07 Å². The van der Waals surface area contributed by atoms with E-state index in [1.807, 2.05) is 81.4 Å². The summed E-state index contributed by atoms with van der Waals surface area (Å²) in [5.74, 6) is 0.805. The van der Waals surface area contributed by atoms with Gasteiger partial charge in [0, 0.05) is 0 Å². The number of fused-ring (bicyclic) bond motifs is 1. The van der Waals surface area contributed by atoms with Crippen LogP contribution in [-0.4, -0.2) is 26.1 Å². The maximum atomic E-state index is 12.3. The van der Waals surface area contributed by atoms with E-state index >= 15 is 0 Å². The number of rotatable bonds is 5. The van der Waals surface area contributed by atoms with Crippen molar-refractivity contribution >= 4 is 35.6 Å². The van der Waals surface area contributed by atoms with Crippen molar-refractivity contribution in [3.63, 3.8) is 0 Å². The molecule has 0 aliphatic rings. The van der Waals surface area contributed by atoms with Crippen LogP contribution in [0.25, 0.3) is 10.8 Å². The molecule has 0 saturated carbocycles. The Balaban J connectivity index is 1.80. The standard InChI is InChI=1S/C22H22AsO3/c1-22(2,3)26-21(24)23-20-11-7-10-17-12-13-18(14-19(17)20)25-15-16-8-5-4-6-9-16/h4-14H,15H2,1-3H3. The van der Waals surface area contributed by atoms with Crippen LogP contribution in [0, 0.1) is 0 Å². The molecule has 0 aliphatic heterocycles. The van der Waals surface area contributed by atoms with E-state index in [-0.39, 0.29) is 4.76 Å². The molecular weight excluding hydrogens is 387 g/mol. The van der Waals surface area contributed by atoms with Gasteiger partial charge >= 0.3 is 161 Å². The second-order valence-electron chi connectivity index (χ2n) is 7.03. The fourth-order valence-electron chi connectivity index (χ4n) is 2.55. The number of carbonyl (C=O) groups excluding carboxylic acids is 1. The molecule has 0 N–H and O–H groups in total. The molecule has 3 rings (SSSR count). The number of hydrogen-bond acceptors (Lipinski definition) is 3. The van der Waals surface area contributed by atoms with Gasteiger partial charge in [-0.15, -0.1) is 0 Å². The summed E-state index contributed by atoms with van der Waals surface area (Å²) in [4.78, 5) is 12.3. The molecule has 0 atom stereocenters. The second kappa shape index (κ2) is 7.97. The van der Waals surface area contributed by atoms with Gasteiger partial charge in [0.2, 0.25) is 0 Å². The number of hydrogen-bond donors (Lipinski definition) is 0. The Morgan fingerprint density at radius 2 is 1.73 bits per heavy atom. The van der Waals surface area contributed by atoms with Crippen molar-refractivity contribution in [2.75, 3.05) is 0 Å². The van der Waals surface area contributed by atoms with E-state index in [4.69, 9.17) is 9.47 Å². The zero-order valence-corrected chi connectivity index (χ0v) is 17.1. The van der Waals surface area contributed by atoms with E-state index in [9.17, 15) is 4.79 Å². The van der Waals surface area contributed by atoms with Crippen LogP contribution in [0.2, 0.25) is 0 Å². The normalized spacial score (nSPS) is 11.8. The molecule has 0 fully saturated rings. The van der Waals surface area contributed by atoms with Crippen LogP contribution < -0.4 is 9.09 Å². The molecule has 0 unspecified atom stereocenters. The Hall–Kier alpha value is -2.25. The molecule has 0 spiro atoms. The molecule has 0 saturated heterocycles. The third-order valence-electron chi connectivity index (χ3n) is 3.68. The molecule has 3 nitrogen and oxygen atoms in total. The molecule has 133 valence electrons. The summed E-state index contributed by atoms with van der Waals surface area (Å²) < 4.78 is 12.3. The average Bonchev–Trinajstić information content (AvgIpc) is 2.59. The van der Waals surface area contributed by atoms with Crippen molar-refractivity contribution in [2.45, 2.75) is 33.0 Å². The van der Waals surface area contributed by atoms with Crippen molar-refractivity contribution in [2.24, 2.45) is 0 Å². The third kappa shape index (κ3) is 5.12. The van der Waals surface area contributed by atoms with Gasteiger partial charge in [-0.1, -0.05) is 0 Å². The van der Waals surface area contributed by atoms with Gasteiger partial charge in [0.15, 0.2) is 0 Å². The maximum absolute atomic E-state index is 12.3. The molecular formula is C22H22AsO3. The van der Waals surface area contributed by atoms with Crippen LogP contribution in [0.4, 0.5) is 4.79 Å². The summed E-state index contributed by atoms with van der Waals surface area (Å²) in [5.41, 5.74) is 0.669. The van der Waals surface area contributed by atoms with Crippen LogP contribution in [0.15, 0.2) is 66.7 Å². The van der Waals surface area contributed by atoms with Gasteiger partial charge < -0.3 is 0 Å². The molecule has 0 aromatic heterocycles. The predicted octanol–water partition coefficient (Wildman–Crippen LogP) is 4.68. The first-order valence-electron chi connectivity index (χ1n) is 8.55. The molecule has 0 bridgehead atoms. The van der Waals surface area contributed by atoms with Crippen molar-refractivity contribution in [1.82, 2.24) is 0 Å². The average molecular weight is 409 g/mol. The van der Waals surface area contributed by atoms with Crippen LogP contribution in [0.3, 0.4) is 0 Å². The van der Waals surface area contributed by atoms with Crippen LogP contribution in [0.5, 0.6) is 5.75 Å². The van der Waals surface area contributed by atoms with Gasteiger partial charge in [0.05, 0.1) is 0 Å². The molecule has 0 aliphatic carbocycles. The Kier molecular flexibility index (Phi) is 5.68. The van der Waals surface area contributed by atoms with Gasteiger partial charge in [0.1, 0.15) is 0 Å². The van der Waals surface area contributed by atoms with E-state index in [1.54, 1.807) is 0 Å². The number of carbonyl (C=O) groups is 1. The number of ether oxygens (including phenoxy) is 2.